The van der Waals surface area contributed by atoms with Crippen molar-refractivity contribution in [1.82, 2.24) is 0 Å². The van der Waals surface area contributed by atoms with Crippen LogP contribution in [0.25, 0.3) is 0 Å². The molecule has 0 radical (unpaired) electrons. The van der Waals surface area contributed by atoms with E-state index in [0.717, 1.165) is 12.1 Å². The molecule has 3 nitrogen and oxygen atoms in total. The fourth-order valence-electron chi connectivity index (χ4n) is 1.37. The molecule has 0 amide bonds. The van der Waals surface area contributed by atoms with Gasteiger partial charge in [-0.3, -0.25) is 4.79 Å². The van der Waals surface area contributed by atoms with E-state index in [1.807, 2.05) is 0 Å². The average molecular weight is 327 g/mol. The van der Waals surface area contributed by atoms with Gasteiger partial charge >= 0.3 is 6.36 Å². The topological polar surface area (TPSA) is 46.5 Å². The van der Waals surface area contributed by atoms with Crippen molar-refractivity contribution in [3.63, 3.8) is 0 Å². The van der Waals surface area contributed by atoms with Crippen molar-refractivity contribution >= 4 is 21.7 Å². The van der Waals surface area contributed by atoms with Crippen LogP contribution in [-0.4, -0.2) is 17.3 Å². The molecular formula is C11H10BrF3O3. The number of aliphatic hydroxyl groups is 1. The number of carbonyl (C=O) groups is 1. The molecule has 1 aromatic rings. The maximum atomic E-state index is 12.1. The third-order valence-corrected chi connectivity index (χ3v) is 3.29. The number of benzene rings is 1. The highest BCUT2D eigenvalue weighted by atomic mass is 79.9. The fraction of sp³-hybridized carbons (Fsp3) is 0.364. The molecule has 0 aliphatic heterocycles. The van der Waals surface area contributed by atoms with Gasteiger partial charge in [0.15, 0.2) is 0 Å². The van der Waals surface area contributed by atoms with Crippen LogP contribution in [0, 0.1) is 0 Å². The highest BCUT2D eigenvalue weighted by Gasteiger charge is 2.31. The Morgan fingerprint density at radius 2 is 2.11 bits per heavy atom. The van der Waals surface area contributed by atoms with Crippen LogP contribution in [0.4, 0.5) is 13.2 Å². The lowest BCUT2D eigenvalue weighted by Gasteiger charge is -2.15. The van der Waals surface area contributed by atoms with Gasteiger partial charge in [-0.1, -0.05) is 22.0 Å². The molecule has 0 bridgehead atoms. The van der Waals surface area contributed by atoms with E-state index in [0.29, 0.717) is 5.56 Å². The van der Waals surface area contributed by atoms with Crippen molar-refractivity contribution in [3.8, 4) is 5.75 Å². The Morgan fingerprint density at radius 3 is 2.56 bits per heavy atom. The zero-order valence-electron chi connectivity index (χ0n) is 9.29. The molecule has 0 aliphatic carbocycles. The summed E-state index contributed by atoms with van der Waals surface area (Å²) >= 11 is 3.06. The zero-order valence-corrected chi connectivity index (χ0v) is 10.9. The van der Waals surface area contributed by atoms with Gasteiger partial charge in [-0.25, -0.2) is 0 Å². The van der Waals surface area contributed by atoms with Crippen LogP contribution in [0.15, 0.2) is 18.2 Å². The number of ketones is 1. The first-order valence-electron chi connectivity index (χ1n) is 4.88. The molecular weight excluding hydrogens is 317 g/mol. The smallest absolute Gasteiger partial charge is 0.406 e. The summed E-state index contributed by atoms with van der Waals surface area (Å²) in [6.07, 6.45) is -4.80. The molecule has 1 rings (SSSR count). The standard InChI is InChI=1S/C11H10BrF3O3/c1-6(17)10(12)9-4-8(18-11(13,14)15)3-2-7(9)5-16/h2-4,10,16H,5H2,1H3. The molecule has 0 spiro atoms. The largest absolute Gasteiger partial charge is 0.573 e. The average Bonchev–Trinajstić information content (AvgIpc) is 2.25. The van der Waals surface area contributed by atoms with Crippen molar-refractivity contribution in [3.05, 3.63) is 29.3 Å². The van der Waals surface area contributed by atoms with Crippen LogP contribution in [0.3, 0.4) is 0 Å². The maximum Gasteiger partial charge on any atom is 0.573 e. The molecule has 0 aliphatic rings. The van der Waals surface area contributed by atoms with E-state index < -0.39 is 16.9 Å². The Morgan fingerprint density at radius 1 is 1.50 bits per heavy atom. The van der Waals surface area contributed by atoms with Crippen LogP contribution in [-0.2, 0) is 11.4 Å². The van der Waals surface area contributed by atoms with Crippen molar-refractivity contribution in [1.29, 1.82) is 0 Å². The predicted octanol–water partition coefficient (Wildman–Crippen LogP) is 3.10. The Kier molecular flexibility index (Phi) is 4.75. The van der Waals surface area contributed by atoms with E-state index in [1.54, 1.807) is 0 Å². The van der Waals surface area contributed by atoms with Gasteiger partial charge in [0.2, 0.25) is 0 Å². The van der Waals surface area contributed by atoms with Crippen LogP contribution >= 0.6 is 15.9 Å². The number of alkyl halides is 4. The number of halogens is 4. The molecule has 0 heterocycles. The first-order chi connectivity index (χ1) is 8.24. The molecule has 1 aromatic carbocycles. The quantitative estimate of drug-likeness (QED) is 0.865. The van der Waals surface area contributed by atoms with Gasteiger partial charge in [0, 0.05) is 0 Å². The van der Waals surface area contributed by atoms with Crippen molar-refractivity contribution < 1.29 is 27.8 Å². The minimum absolute atomic E-state index is 0.256. The second kappa shape index (κ2) is 5.71. The lowest BCUT2D eigenvalue weighted by Crippen LogP contribution is -2.17. The van der Waals surface area contributed by atoms with Crippen LogP contribution in [0.1, 0.15) is 22.9 Å². The summed E-state index contributed by atoms with van der Waals surface area (Å²) in [5.41, 5.74) is 0.619. The van der Waals surface area contributed by atoms with E-state index in [2.05, 4.69) is 20.7 Å². The molecule has 100 valence electrons. The summed E-state index contributed by atoms with van der Waals surface area (Å²) < 4.78 is 40.0. The van der Waals surface area contributed by atoms with Crippen LogP contribution in [0.2, 0.25) is 0 Å². The minimum atomic E-state index is -4.80. The van der Waals surface area contributed by atoms with Crippen molar-refractivity contribution in [2.75, 3.05) is 0 Å². The number of rotatable bonds is 4. The molecule has 0 aromatic heterocycles. The van der Waals surface area contributed by atoms with Crippen LogP contribution < -0.4 is 4.74 Å². The van der Waals surface area contributed by atoms with Gasteiger partial charge in [-0.15, -0.1) is 13.2 Å². The summed E-state index contributed by atoms with van der Waals surface area (Å²) in [7, 11) is 0. The summed E-state index contributed by atoms with van der Waals surface area (Å²) in [5, 5.41) is 9.08. The SMILES string of the molecule is CC(=O)C(Br)c1cc(OC(F)(F)F)ccc1CO. The third kappa shape index (κ3) is 3.99. The molecule has 0 saturated heterocycles. The van der Waals surface area contributed by atoms with Gasteiger partial charge in [0.1, 0.15) is 11.5 Å². The molecule has 1 N–H and O–H groups in total. The lowest BCUT2D eigenvalue weighted by molar-refractivity contribution is -0.274. The first kappa shape index (κ1) is 15.0. The van der Waals surface area contributed by atoms with Crippen LogP contribution in [0.5, 0.6) is 5.75 Å². The molecule has 7 heteroatoms. The summed E-state index contributed by atoms with van der Waals surface area (Å²) in [4.78, 5) is 10.4. The van der Waals surface area contributed by atoms with Gasteiger partial charge < -0.3 is 9.84 Å². The molecule has 0 saturated carbocycles. The zero-order chi connectivity index (χ0) is 13.9. The van der Waals surface area contributed by atoms with Gasteiger partial charge in [0.25, 0.3) is 0 Å². The van der Waals surface area contributed by atoms with Gasteiger partial charge in [-0.2, -0.15) is 0 Å². The Bertz CT molecular complexity index is 446. The monoisotopic (exact) mass is 326 g/mol. The highest BCUT2D eigenvalue weighted by Crippen LogP contribution is 2.32. The van der Waals surface area contributed by atoms with Crippen molar-refractivity contribution in [2.45, 2.75) is 24.7 Å². The lowest BCUT2D eigenvalue weighted by atomic mass is 10.0. The Balaban J connectivity index is 3.13. The second-order valence-corrected chi connectivity index (χ2v) is 4.46. The predicted molar refractivity (Wildman–Crippen MR) is 61.4 cm³/mol. The fourth-order valence-corrected chi connectivity index (χ4v) is 1.80. The maximum absolute atomic E-state index is 12.1. The number of hydrogen-bond acceptors (Lipinski definition) is 3. The van der Waals surface area contributed by atoms with E-state index in [4.69, 9.17) is 5.11 Å². The molecule has 18 heavy (non-hydrogen) atoms. The third-order valence-electron chi connectivity index (χ3n) is 2.15. The van der Waals surface area contributed by atoms with Crippen molar-refractivity contribution in [2.24, 2.45) is 0 Å². The Hall–Kier alpha value is -1.08. The Labute approximate surface area is 110 Å². The number of carbonyl (C=O) groups excluding carboxylic acids is 1. The second-order valence-electron chi connectivity index (χ2n) is 3.54. The van der Waals surface area contributed by atoms with E-state index in [1.165, 1.54) is 13.0 Å². The summed E-state index contributed by atoms with van der Waals surface area (Å²) in [6, 6.07) is 3.45. The minimum Gasteiger partial charge on any atom is -0.406 e. The molecule has 0 fully saturated rings. The summed E-state index contributed by atoms with van der Waals surface area (Å²) in [6.45, 7) is 0.912. The highest BCUT2D eigenvalue weighted by molar-refractivity contribution is 9.09. The van der Waals surface area contributed by atoms with Gasteiger partial charge in [0.05, 0.1) is 11.4 Å². The normalized spacial score (nSPS) is 13.2. The number of aliphatic hydroxyl groups excluding tert-OH is 1. The molecule has 1 unspecified atom stereocenters. The van der Waals surface area contributed by atoms with E-state index in [9.17, 15) is 18.0 Å². The number of Topliss-reactive ketones (excluding diaryl/α,β-unsaturated/α-hetero) is 1. The van der Waals surface area contributed by atoms with E-state index >= 15 is 0 Å². The number of ether oxygens (including phenoxy) is 1. The first-order valence-corrected chi connectivity index (χ1v) is 5.80. The van der Waals surface area contributed by atoms with E-state index in [-0.39, 0.29) is 18.0 Å². The summed E-state index contributed by atoms with van der Waals surface area (Å²) in [5.74, 6) is -0.714. The molecule has 1 atom stereocenters. The van der Waals surface area contributed by atoms with Gasteiger partial charge in [-0.05, 0) is 30.2 Å². The number of hydrogen-bond donors (Lipinski definition) is 1.